The molecule has 0 radical (unpaired) electrons. The van der Waals surface area contributed by atoms with Crippen LogP contribution in [-0.4, -0.2) is 73.6 Å². The van der Waals surface area contributed by atoms with Crippen LogP contribution in [0.15, 0.2) is 24.4 Å². The fourth-order valence-corrected chi connectivity index (χ4v) is 7.47. The molecule has 3 fully saturated rings. The number of thiol groups is 1. The molecule has 46 heavy (non-hydrogen) atoms. The average molecular weight is 658 g/mol. The first kappa shape index (κ1) is 32.4. The van der Waals surface area contributed by atoms with Crippen LogP contribution in [0, 0.1) is 17.8 Å². The number of nitrogens with two attached hydrogens (primary N) is 1. The smallest absolute Gasteiger partial charge is 0.284 e. The summed E-state index contributed by atoms with van der Waals surface area (Å²) in [5.74, 6) is 5.37. The molecule has 3 atom stereocenters. The van der Waals surface area contributed by atoms with E-state index in [0.717, 1.165) is 43.1 Å². The van der Waals surface area contributed by atoms with Gasteiger partial charge in [-0.05, 0) is 50.5 Å². The van der Waals surface area contributed by atoms with Crippen molar-refractivity contribution in [3.8, 4) is 11.8 Å². The second kappa shape index (κ2) is 13.3. The van der Waals surface area contributed by atoms with E-state index in [1.807, 2.05) is 18.2 Å². The summed E-state index contributed by atoms with van der Waals surface area (Å²) in [6.45, 7) is 1.58. The predicted molar refractivity (Wildman–Crippen MR) is 169 cm³/mol. The maximum Gasteiger partial charge on any atom is 0.284 e. The van der Waals surface area contributed by atoms with Gasteiger partial charge in [0.25, 0.3) is 6.43 Å². The summed E-state index contributed by atoms with van der Waals surface area (Å²) in [5.41, 5.74) is 7.47. The molecule has 0 bridgehead atoms. The van der Waals surface area contributed by atoms with Gasteiger partial charge in [-0.1, -0.05) is 24.0 Å². The lowest BCUT2D eigenvalue weighted by Crippen LogP contribution is -2.53. The number of para-hydroxylation sites is 1. The van der Waals surface area contributed by atoms with Gasteiger partial charge in [0.1, 0.15) is 12.7 Å². The summed E-state index contributed by atoms with van der Waals surface area (Å²) < 4.78 is 51.0. The number of aryl methyl sites for hydroxylation is 1. The van der Waals surface area contributed by atoms with Crippen molar-refractivity contribution in [2.75, 3.05) is 32.0 Å². The summed E-state index contributed by atoms with van der Waals surface area (Å²) in [6.07, 6.45) is 2.65. The molecule has 3 aliphatic rings. The Bertz CT molecular complexity index is 1670. The largest absolute Gasteiger partial charge is 0.396 e. The summed E-state index contributed by atoms with van der Waals surface area (Å²) in [4.78, 5) is 26.2. The number of carbonyl (C=O) groups excluding carboxylic acids is 2. The predicted octanol–water partition coefficient (Wildman–Crippen LogP) is 4.28. The summed E-state index contributed by atoms with van der Waals surface area (Å²) in [7, 11) is 1.79. The van der Waals surface area contributed by atoms with Gasteiger partial charge in [0, 0.05) is 44.7 Å². The molecule has 1 aromatic carbocycles. The van der Waals surface area contributed by atoms with E-state index >= 15 is 4.39 Å². The Labute approximate surface area is 270 Å². The number of hydrogen-bond donors (Lipinski definition) is 3. The van der Waals surface area contributed by atoms with Crippen molar-refractivity contribution in [3.05, 3.63) is 41.3 Å². The van der Waals surface area contributed by atoms with Crippen LogP contribution in [-0.2, 0) is 21.4 Å². The number of halogens is 3. The maximum absolute atomic E-state index is 15.7. The number of nitrogens with zero attached hydrogens (tertiary/aromatic N) is 5. The van der Waals surface area contributed by atoms with Gasteiger partial charge in [-0.15, -0.1) is 12.6 Å². The quantitative estimate of drug-likeness (QED) is 0.197. The lowest BCUT2D eigenvalue weighted by molar-refractivity contribution is -0.134. The number of hydrogen-bond acceptors (Lipinski definition) is 8. The van der Waals surface area contributed by atoms with Gasteiger partial charge in [-0.25, -0.2) is 13.2 Å². The lowest BCUT2D eigenvalue weighted by Gasteiger charge is -2.42. The van der Waals surface area contributed by atoms with Crippen molar-refractivity contribution in [2.45, 2.75) is 74.4 Å². The molecule has 6 rings (SSSR count). The highest BCUT2D eigenvalue weighted by molar-refractivity contribution is 7.81. The van der Waals surface area contributed by atoms with Crippen LogP contribution in [0.4, 0.5) is 18.9 Å². The molecule has 1 saturated carbocycles. The second-order valence-corrected chi connectivity index (χ2v) is 13.3. The number of alkyl halides is 3. The third-order valence-corrected chi connectivity index (χ3v) is 9.82. The fraction of sp³-hybridized carbons (Fsp3) is 0.562. The highest BCUT2D eigenvalue weighted by Gasteiger charge is 2.42. The molecule has 0 spiro atoms. The number of ether oxygens (including phenoxy) is 1. The minimum atomic E-state index is -2.69. The Kier molecular flexibility index (Phi) is 9.36. The molecular weight excluding hydrogens is 619 g/mol. The molecule has 14 heteroatoms. The molecule has 2 aliphatic heterocycles. The molecule has 2 aromatic heterocycles. The molecule has 1 aliphatic carbocycles. The number of imide groups is 1. The first-order valence-corrected chi connectivity index (χ1v) is 16.1. The number of carbonyl (C=O) groups is 2. The van der Waals surface area contributed by atoms with Crippen LogP contribution in [0.3, 0.4) is 0 Å². The average Bonchev–Trinajstić information content (AvgIpc) is 3.56. The number of benzene rings is 1. The van der Waals surface area contributed by atoms with Crippen molar-refractivity contribution in [3.63, 3.8) is 0 Å². The van der Waals surface area contributed by atoms with Gasteiger partial charge >= 0.3 is 0 Å². The normalized spacial score (nSPS) is 27.5. The zero-order chi connectivity index (χ0) is 32.6. The van der Waals surface area contributed by atoms with Crippen LogP contribution >= 0.6 is 12.6 Å². The van der Waals surface area contributed by atoms with Crippen molar-refractivity contribution in [2.24, 2.45) is 13.0 Å². The second-order valence-electron chi connectivity index (χ2n) is 12.6. The first-order chi connectivity index (χ1) is 22.0. The van der Waals surface area contributed by atoms with Crippen LogP contribution in [0.1, 0.15) is 80.3 Å². The molecule has 3 aromatic rings. The van der Waals surface area contributed by atoms with Crippen LogP contribution in [0.2, 0.25) is 0 Å². The molecule has 2 amide bonds. The van der Waals surface area contributed by atoms with Gasteiger partial charge in [0.05, 0.1) is 34.4 Å². The fourth-order valence-electron chi connectivity index (χ4n) is 7.07. The number of likely N-dealkylation sites (tertiary alicyclic amines) is 1. The molecule has 3 N–H and O–H groups in total. The van der Waals surface area contributed by atoms with Crippen LogP contribution < -0.4 is 11.1 Å². The standard InChI is InChI=1S/C32H38F3N7O3S/c1-40-29-20(4-2-6-22(29)27(38-40)23-11-12-26(43)37-31(23)44)5-3-15-45-25-13-14-41(18-32(25,35)46)16-19-7-9-21(10-8-19)42-17-24(36)28(39-42)30(33)34/h2,4,6,17,19,21,23,25,30,46H,7-16,18,36H2,1H3,(H,37,43,44)/t19?,21?,23?,25-,32?/m1/s1. The van der Waals surface area contributed by atoms with Gasteiger partial charge in [0.2, 0.25) is 11.8 Å². The van der Waals surface area contributed by atoms with Crippen molar-refractivity contribution >= 4 is 41.0 Å². The molecule has 4 heterocycles. The number of fused-ring (bicyclic) bond motifs is 1. The number of aromatic nitrogens is 4. The Morgan fingerprint density at radius 2 is 1.96 bits per heavy atom. The Morgan fingerprint density at radius 1 is 1.17 bits per heavy atom. The summed E-state index contributed by atoms with van der Waals surface area (Å²) >= 11 is 4.35. The number of nitrogen functional groups attached to an aromatic ring is 1. The molecular formula is C32H38F3N7O3S. The number of piperidine rings is 2. The summed E-state index contributed by atoms with van der Waals surface area (Å²) in [5, 5.41) is 9.96. The minimum Gasteiger partial charge on any atom is -0.396 e. The Balaban J connectivity index is 1.01. The number of nitrogens with one attached hydrogen (secondary N) is 1. The number of rotatable bonds is 7. The van der Waals surface area contributed by atoms with Crippen molar-refractivity contribution in [1.82, 2.24) is 29.8 Å². The minimum absolute atomic E-state index is 0.0210. The van der Waals surface area contributed by atoms with Crippen molar-refractivity contribution in [1.29, 1.82) is 0 Å². The van der Waals surface area contributed by atoms with E-state index in [2.05, 4.69) is 44.9 Å². The number of amides is 2. The Morgan fingerprint density at radius 3 is 2.65 bits per heavy atom. The van der Waals surface area contributed by atoms with E-state index < -0.39 is 23.4 Å². The van der Waals surface area contributed by atoms with Crippen LogP contribution in [0.5, 0.6) is 0 Å². The van der Waals surface area contributed by atoms with Gasteiger partial charge in [-0.3, -0.25) is 29.2 Å². The highest BCUT2D eigenvalue weighted by Crippen LogP contribution is 2.37. The zero-order valence-electron chi connectivity index (χ0n) is 25.6. The van der Waals surface area contributed by atoms with E-state index in [0.29, 0.717) is 36.6 Å². The topological polar surface area (TPSA) is 120 Å². The lowest BCUT2D eigenvalue weighted by atomic mass is 9.85. The highest BCUT2D eigenvalue weighted by atomic mass is 32.1. The van der Waals surface area contributed by atoms with Gasteiger partial charge in [-0.2, -0.15) is 10.2 Å². The van der Waals surface area contributed by atoms with Crippen LogP contribution in [0.25, 0.3) is 10.9 Å². The van der Waals surface area contributed by atoms with Crippen molar-refractivity contribution < 1.29 is 27.5 Å². The monoisotopic (exact) mass is 657 g/mol. The molecule has 246 valence electrons. The van der Waals surface area contributed by atoms with E-state index in [1.165, 1.54) is 6.20 Å². The van der Waals surface area contributed by atoms with Gasteiger partial charge < -0.3 is 10.5 Å². The van der Waals surface area contributed by atoms with Gasteiger partial charge in [0.15, 0.2) is 10.7 Å². The third-order valence-electron chi connectivity index (χ3n) is 9.39. The molecule has 10 nitrogen and oxygen atoms in total. The Hall–Kier alpha value is -3.54. The van der Waals surface area contributed by atoms with E-state index in [4.69, 9.17) is 10.5 Å². The van der Waals surface area contributed by atoms with E-state index in [9.17, 15) is 18.4 Å². The number of anilines is 1. The van der Waals surface area contributed by atoms with E-state index in [-0.39, 0.29) is 48.8 Å². The molecule has 2 saturated heterocycles. The third kappa shape index (κ3) is 6.77. The summed E-state index contributed by atoms with van der Waals surface area (Å²) in [6, 6.07) is 5.64. The maximum atomic E-state index is 15.7. The van der Waals surface area contributed by atoms with E-state index in [1.54, 1.807) is 16.4 Å². The first-order valence-electron chi connectivity index (χ1n) is 15.7. The SMILES string of the molecule is Cn1nc(C2CCC(=O)NC2=O)c2cccc(C#CCO[C@@H]3CCN(CC4CCC(n5cc(N)c(C(F)F)n5)CC4)CC3(F)S)c21. The molecule has 2 unspecified atom stereocenters. The zero-order valence-corrected chi connectivity index (χ0v) is 26.5.